The summed E-state index contributed by atoms with van der Waals surface area (Å²) >= 11 is 0. The normalized spacial score (nSPS) is 13.5. The van der Waals surface area contributed by atoms with Crippen molar-refractivity contribution < 1.29 is 19.1 Å². The first-order chi connectivity index (χ1) is 12.7. The lowest BCUT2D eigenvalue weighted by atomic mass is 10.3. The SMILES string of the molecule is C=CCC1N(C(=O)Oc2ccccc2)C=CN1C(=O)Oc1ccccc1. The number of ether oxygens (including phenoxy) is 2. The molecule has 0 aliphatic carbocycles. The van der Waals surface area contributed by atoms with Gasteiger partial charge in [0.15, 0.2) is 0 Å². The van der Waals surface area contributed by atoms with Crippen molar-refractivity contribution in [3.05, 3.63) is 85.7 Å². The molecule has 0 fully saturated rings. The summed E-state index contributed by atoms with van der Waals surface area (Å²) in [5.41, 5.74) is 0. The van der Waals surface area contributed by atoms with Crippen molar-refractivity contribution in [1.29, 1.82) is 0 Å². The van der Waals surface area contributed by atoms with Crippen LogP contribution in [0.25, 0.3) is 0 Å². The van der Waals surface area contributed by atoms with Gasteiger partial charge in [-0.15, -0.1) is 6.58 Å². The molecule has 0 aromatic heterocycles. The maximum Gasteiger partial charge on any atom is 0.421 e. The highest BCUT2D eigenvalue weighted by molar-refractivity contribution is 5.77. The van der Waals surface area contributed by atoms with E-state index in [1.54, 1.807) is 54.6 Å². The average Bonchev–Trinajstić information content (AvgIpc) is 3.08. The van der Waals surface area contributed by atoms with E-state index < -0.39 is 18.4 Å². The number of nitrogens with zero attached hydrogens (tertiary/aromatic N) is 2. The largest absolute Gasteiger partial charge is 0.421 e. The zero-order chi connectivity index (χ0) is 18.4. The van der Waals surface area contributed by atoms with E-state index in [9.17, 15) is 9.59 Å². The highest BCUT2D eigenvalue weighted by Gasteiger charge is 2.35. The Morgan fingerprint density at radius 3 is 1.65 bits per heavy atom. The predicted molar refractivity (Wildman–Crippen MR) is 96.4 cm³/mol. The Morgan fingerprint density at radius 1 is 0.846 bits per heavy atom. The van der Waals surface area contributed by atoms with Gasteiger partial charge in [0, 0.05) is 18.8 Å². The molecule has 0 bridgehead atoms. The molecule has 0 N–H and O–H groups in total. The van der Waals surface area contributed by atoms with E-state index in [1.165, 1.54) is 22.2 Å². The van der Waals surface area contributed by atoms with E-state index in [4.69, 9.17) is 9.47 Å². The van der Waals surface area contributed by atoms with Gasteiger partial charge in [-0.3, -0.25) is 9.80 Å². The molecule has 2 aromatic carbocycles. The number of carbonyl (C=O) groups excluding carboxylic acids is 2. The van der Waals surface area contributed by atoms with Crippen LogP contribution >= 0.6 is 0 Å². The van der Waals surface area contributed by atoms with Gasteiger partial charge >= 0.3 is 12.2 Å². The topological polar surface area (TPSA) is 59.1 Å². The van der Waals surface area contributed by atoms with E-state index >= 15 is 0 Å². The molecular formula is C20H18N2O4. The van der Waals surface area contributed by atoms with Crippen molar-refractivity contribution in [3.63, 3.8) is 0 Å². The molecule has 2 amide bonds. The molecule has 0 atom stereocenters. The van der Waals surface area contributed by atoms with Crippen LogP contribution in [0.2, 0.25) is 0 Å². The van der Waals surface area contributed by atoms with Crippen molar-refractivity contribution in [2.24, 2.45) is 0 Å². The van der Waals surface area contributed by atoms with Crippen LogP contribution in [0.15, 0.2) is 85.7 Å². The summed E-state index contributed by atoms with van der Waals surface area (Å²) in [7, 11) is 0. The zero-order valence-electron chi connectivity index (χ0n) is 14.0. The van der Waals surface area contributed by atoms with Crippen LogP contribution in [0.3, 0.4) is 0 Å². The first-order valence-corrected chi connectivity index (χ1v) is 8.08. The number of amides is 2. The van der Waals surface area contributed by atoms with Crippen LogP contribution < -0.4 is 9.47 Å². The number of benzene rings is 2. The second kappa shape index (κ2) is 8.02. The van der Waals surface area contributed by atoms with Crippen molar-refractivity contribution >= 4 is 12.2 Å². The van der Waals surface area contributed by atoms with Crippen LogP contribution in [-0.4, -0.2) is 28.2 Å². The van der Waals surface area contributed by atoms with Gasteiger partial charge in [0.25, 0.3) is 0 Å². The summed E-state index contributed by atoms with van der Waals surface area (Å²) in [5.74, 6) is 0.849. The van der Waals surface area contributed by atoms with Gasteiger partial charge in [0.2, 0.25) is 0 Å². The maximum atomic E-state index is 12.5. The van der Waals surface area contributed by atoms with E-state index in [0.29, 0.717) is 17.9 Å². The summed E-state index contributed by atoms with van der Waals surface area (Å²) < 4.78 is 10.7. The molecule has 132 valence electrons. The number of carbonyl (C=O) groups is 2. The van der Waals surface area contributed by atoms with Gasteiger partial charge < -0.3 is 9.47 Å². The van der Waals surface area contributed by atoms with Gasteiger partial charge in [0.05, 0.1) is 0 Å². The molecule has 0 saturated carbocycles. The van der Waals surface area contributed by atoms with Gasteiger partial charge in [-0.1, -0.05) is 42.5 Å². The summed E-state index contributed by atoms with van der Waals surface area (Å²) in [5, 5.41) is 0. The summed E-state index contributed by atoms with van der Waals surface area (Å²) in [6, 6.07) is 17.5. The molecule has 0 radical (unpaired) electrons. The van der Waals surface area contributed by atoms with Crippen molar-refractivity contribution in [2.45, 2.75) is 12.6 Å². The molecule has 6 heteroatoms. The van der Waals surface area contributed by atoms with Crippen LogP contribution in [0.4, 0.5) is 9.59 Å². The molecule has 26 heavy (non-hydrogen) atoms. The number of para-hydroxylation sites is 2. The standard InChI is InChI=1S/C20H18N2O4/c1-2-9-18-21(19(23)25-16-10-5-3-6-11-16)14-15-22(18)20(24)26-17-12-7-4-8-13-17/h2-8,10-15,18H,1,9H2. The van der Waals surface area contributed by atoms with Crippen molar-refractivity contribution in [2.75, 3.05) is 0 Å². The Bertz CT molecular complexity index is 742. The van der Waals surface area contributed by atoms with Crippen LogP contribution in [0.5, 0.6) is 11.5 Å². The fraction of sp³-hybridized carbons (Fsp3) is 0.100. The average molecular weight is 350 g/mol. The highest BCUT2D eigenvalue weighted by Crippen LogP contribution is 2.23. The highest BCUT2D eigenvalue weighted by atomic mass is 16.6. The molecule has 0 saturated heterocycles. The lowest BCUT2D eigenvalue weighted by Crippen LogP contribution is -2.45. The summed E-state index contributed by atoms with van der Waals surface area (Å²) in [4.78, 5) is 27.6. The molecule has 0 spiro atoms. The first kappa shape index (κ1) is 17.3. The monoisotopic (exact) mass is 350 g/mol. The Balaban J connectivity index is 1.70. The summed E-state index contributed by atoms with van der Waals surface area (Å²) in [6.45, 7) is 3.69. The van der Waals surface area contributed by atoms with E-state index in [1.807, 2.05) is 12.1 Å². The Labute approximate surface area is 151 Å². The third kappa shape index (κ3) is 3.92. The van der Waals surface area contributed by atoms with Crippen molar-refractivity contribution in [3.8, 4) is 11.5 Å². The lowest BCUT2D eigenvalue weighted by Gasteiger charge is -2.28. The molecule has 6 nitrogen and oxygen atoms in total. The fourth-order valence-corrected chi connectivity index (χ4v) is 2.50. The molecule has 0 unspecified atom stereocenters. The maximum absolute atomic E-state index is 12.5. The summed E-state index contributed by atoms with van der Waals surface area (Å²) in [6.07, 6.45) is 3.20. The minimum Gasteiger partial charge on any atom is -0.410 e. The second-order valence-corrected chi connectivity index (χ2v) is 5.48. The molecule has 1 heterocycles. The van der Waals surface area contributed by atoms with E-state index in [0.717, 1.165) is 0 Å². The van der Waals surface area contributed by atoms with Gasteiger partial charge in [-0.2, -0.15) is 0 Å². The van der Waals surface area contributed by atoms with Crippen LogP contribution in [0, 0.1) is 0 Å². The first-order valence-electron chi connectivity index (χ1n) is 8.08. The number of rotatable bonds is 4. The Hall–Kier alpha value is -3.54. The third-order valence-corrected chi connectivity index (χ3v) is 3.73. The number of hydrogen-bond donors (Lipinski definition) is 0. The zero-order valence-corrected chi connectivity index (χ0v) is 14.0. The Morgan fingerprint density at radius 2 is 1.27 bits per heavy atom. The molecule has 2 aromatic rings. The molecule has 3 rings (SSSR count). The minimum absolute atomic E-state index is 0.362. The van der Waals surface area contributed by atoms with Crippen LogP contribution in [-0.2, 0) is 0 Å². The molecular weight excluding hydrogens is 332 g/mol. The minimum atomic E-state index is -0.597. The molecule has 1 aliphatic rings. The van der Waals surface area contributed by atoms with E-state index in [-0.39, 0.29) is 0 Å². The fourth-order valence-electron chi connectivity index (χ4n) is 2.50. The van der Waals surface area contributed by atoms with Crippen LogP contribution in [0.1, 0.15) is 6.42 Å². The third-order valence-electron chi connectivity index (χ3n) is 3.73. The predicted octanol–water partition coefficient (Wildman–Crippen LogP) is 4.38. The van der Waals surface area contributed by atoms with Gasteiger partial charge in [-0.25, -0.2) is 9.59 Å². The smallest absolute Gasteiger partial charge is 0.410 e. The Kier molecular flexibility index (Phi) is 5.34. The quantitative estimate of drug-likeness (QED) is 0.768. The lowest BCUT2D eigenvalue weighted by molar-refractivity contribution is 0.112. The van der Waals surface area contributed by atoms with Crippen molar-refractivity contribution in [1.82, 2.24) is 9.80 Å². The number of hydrogen-bond acceptors (Lipinski definition) is 4. The van der Waals surface area contributed by atoms with Gasteiger partial charge in [0.1, 0.15) is 17.7 Å². The van der Waals surface area contributed by atoms with Gasteiger partial charge in [-0.05, 0) is 24.3 Å². The second-order valence-electron chi connectivity index (χ2n) is 5.48. The van der Waals surface area contributed by atoms with E-state index in [2.05, 4.69) is 6.58 Å². The molecule has 1 aliphatic heterocycles.